The van der Waals surface area contributed by atoms with Gasteiger partial charge in [0.25, 0.3) is 0 Å². The lowest BCUT2D eigenvalue weighted by molar-refractivity contribution is 0.205. The molecule has 0 bridgehead atoms. The molecule has 1 atom stereocenters. The van der Waals surface area contributed by atoms with Crippen LogP contribution in [0.4, 0.5) is 0 Å². The molecule has 3 heteroatoms. The quantitative estimate of drug-likeness (QED) is 0.705. The molecule has 1 rings (SSSR count). The Kier molecular flexibility index (Phi) is 7.63. The summed E-state index contributed by atoms with van der Waals surface area (Å²) >= 11 is 0. The van der Waals surface area contributed by atoms with E-state index in [-0.39, 0.29) is 0 Å². The molecule has 114 valence electrons. The molecule has 0 aliphatic rings. The van der Waals surface area contributed by atoms with E-state index in [1.165, 1.54) is 6.42 Å². The highest BCUT2D eigenvalue weighted by molar-refractivity contribution is 5.32. The predicted molar refractivity (Wildman–Crippen MR) is 86.0 cm³/mol. The topological polar surface area (TPSA) is 38.5 Å². The van der Waals surface area contributed by atoms with E-state index in [1.807, 2.05) is 24.3 Å². The predicted octanol–water partition coefficient (Wildman–Crippen LogP) is 3.28. The third kappa shape index (κ3) is 5.93. The molecule has 20 heavy (non-hydrogen) atoms. The Bertz CT molecular complexity index is 379. The average Bonchev–Trinajstić information content (AvgIpc) is 2.43. The van der Waals surface area contributed by atoms with Crippen LogP contribution in [0.5, 0.6) is 5.75 Å². The van der Waals surface area contributed by atoms with Crippen LogP contribution in [-0.4, -0.2) is 31.1 Å². The van der Waals surface area contributed by atoms with Crippen LogP contribution in [-0.2, 0) is 6.54 Å². The van der Waals surface area contributed by atoms with Crippen LogP contribution in [0.15, 0.2) is 24.3 Å². The number of hydrogen-bond donors (Lipinski definition) is 1. The minimum absolute atomic E-state index is 0.529. The van der Waals surface area contributed by atoms with Gasteiger partial charge in [0, 0.05) is 24.7 Å². The highest BCUT2D eigenvalue weighted by atomic mass is 16.5. The Hall–Kier alpha value is -1.06. The van der Waals surface area contributed by atoms with E-state index < -0.39 is 0 Å². The number of hydrogen-bond acceptors (Lipinski definition) is 3. The van der Waals surface area contributed by atoms with Gasteiger partial charge in [-0.25, -0.2) is 0 Å². The molecule has 0 aliphatic heterocycles. The fourth-order valence-electron chi connectivity index (χ4n) is 2.39. The lowest BCUT2D eigenvalue weighted by Gasteiger charge is -2.26. The van der Waals surface area contributed by atoms with Crippen LogP contribution in [0.25, 0.3) is 0 Å². The minimum atomic E-state index is 0.529. The maximum atomic E-state index is 5.83. The lowest BCUT2D eigenvalue weighted by atomic mass is 10.0. The van der Waals surface area contributed by atoms with Gasteiger partial charge in [0.05, 0.1) is 6.61 Å². The Morgan fingerprint density at radius 3 is 2.55 bits per heavy atom. The third-order valence-corrected chi connectivity index (χ3v) is 3.67. The molecule has 1 unspecified atom stereocenters. The van der Waals surface area contributed by atoms with Gasteiger partial charge in [-0.1, -0.05) is 32.0 Å². The summed E-state index contributed by atoms with van der Waals surface area (Å²) in [6, 6.07) is 8.63. The summed E-state index contributed by atoms with van der Waals surface area (Å²) in [6.45, 7) is 9.19. The normalized spacial score (nSPS) is 12.9. The average molecular weight is 278 g/mol. The molecule has 0 amide bonds. The number of benzene rings is 1. The van der Waals surface area contributed by atoms with E-state index in [4.69, 9.17) is 10.5 Å². The Labute approximate surface area is 124 Å². The van der Waals surface area contributed by atoms with Crippen molar-refractivity contribution in [1.82, 2.24) is 4.90 Å². The molecule has 0 fully saturated rings. The van der Waals surface area contributed by atoms with E-state index in [9.17, 15) is 0 Å². The summed E-state index contributed by atoms with van der Waals surface area (Å²) in [5.41, 5.74) is 6.78. The molecule has 0 aromatic heterocycles. The van der Waals surface area contributed by atoms with E-state index in [1.54, 1.807) is 0 Å². The van der Waals surface area contributed by atoms with Crippen LogP contribution in [0.3, 0.4) is 0 Å². The zero-order valence-corrected chi connectivity index (χ0v) is 13.4. The van der Waals surface area contributed by atoms with Crippen LogP contribution >= 0.6 is 0 Å². The molecule has 0 aliphatic carbocycles. The van der Waals surface area contributed by atoms with Crippen molar-refractivity contribution >= 4 is 0 Å². The van der Waals surface area contributed by atoms with E-state index in [0.29, 0.717) is 12.6 Å². The van der Waals surface area contributed by atoms with Crippen molar-refractivity contribution in [2.75, 3.05) is 20.2 Å². The van der Waals surface area contributed by atoms with E-state index >= 15 is 0 Å². The van der Waals surface area contributed by atoms with Crippen molar-refractivity contribution in [3.8, 4) is 5.75 Å². The van der Waals surface area contributed by atoms with E-state index in [2.05, 4.69) is 32.7 Å². The number of nitrogens with two attached hydrogens (primary N) is 1. The molecule has 0 radical (unpaired) electrons. The summed E-state index contributed by atoms with van der Waals surface area (Å²) in [7, 11) is 2.20. The number of ether oxygens (including phenoxy) is 1. The van der Waals surface area contributed by atoms with Crippen LogP contribution in [0.1, 0.15) is 39.2 Å². The van der Waals surface area contributed by atoms with Gasteiger partial charge in [-0.15, -0.1) is 0 Å². The third-order valence-electron chi connectivity index (χ3n) is 3.67. The molecule has 3 nitrogen and oxygen atoms in total. The maximum Gasteiger partial charge on any atom is 0.123 e. The Balaban J connectivity index is 2.27. The first-order valence-corrected chi connectivity index (χ1v) is 7.65. The molecule has 2 N–H and O–H groups in total. The fourth-order valence-corrected chi connectivity index (χ4v) is 2.39. The van der Waals surface area contributed by atoms with Gasteiger partial charge in [-0.05, 0) is 38.8 Å². The first kappa shape index (κ1) is 17.0. The van der Waals surface area contributed by atoms with Crippen molar-refractivity contribution < 1.29 is 4.74 Å². The standard InChI is InChI=1S/C17H30N2O/c1-14(2)12-15(3)19(4)10-7-11-20-17-9-6-5-8-16(17)13-18/h5-6,8-9,14-15H,7,10-13,18H2,1-4H3. The Morgan fingerprint density at radius 2 is 1.90 bits per heavy atom. The minimum Gasteiger partial charge on any atom is -0.493 e. The van der Waals surface area contributed by atoms with Gasteiger partial charge < -0.3 is 15.4 Å². The molecule has 0 spiro atoms. The monoisotopic (exact) mass is 278 g/mol. The van der Waals surface area contributed by atoms with Crippen molar-refractivity contribution in [1.29, 1.82) is 0 Å². The number of para-hydroxylation sites is 1. The van der Waals surface area contributed by atoms with E-state index in [0.717, 1.165) is 36.8 Å². The maximum absolute atomic E-state index is 5.83. The van der Waals surface area contributed by atoms with Crippen molar-refractivity contribution in [3.05, 3.63) is 29.8 Å². The molecular weight excluding hydrogens is 248 g/mol. The van der Waals surface area contributed by atoms with Gasteiger partial charge in [0.15, 0.2) is 0 Å². The van der Waals surface area contributed by atoms with Gasteiger partial charge in [-0.3, -0.25) is 0 Å². The first-order valence-electron chi connectivity index (χ1n) is 7.65. The molecular formula is C17H30N2O. The SMILES string of the molecule is CC(C)CC(C)N(C)CCCOc1ccccc1CN. The molecule has 0 saturated carbocycles. The first-order chi connectivity index (χ1) is 9.54. The van der Waals surface area contributed by atoms with Gasteiger partial charge >= 0.3 is 0 Å². The fraction of sp³-hybridized carbons (Fsp3) is 0.647. The second kappa shape index (κ2) is 8.98. The second-order valence-corrected chi connectivity index (χ2v) is 5.97. The Morgan fingerprint density at radius 1 is 1.20 bits per heavy atom. The van der Waals surface area contributed by atoms with Gasteiger partial charge in [0.1, 0.15) is 5.75 Å². The van der Waals surface area contributed by atoms with Crippen molar-refractivity contribution in [2.45, 2.75) is 46.2 Å². The molecule has 1 aromatic rings. The summed E-state index contributed by atoms with van der Waals surface area (Å²) in [5, 5.41) is 0. The lowest BCUT2D eigenvalue weighted by Crippen LogP contribution is -2.31. The van der Waals surface area contributed by atoms with Gasteiger partial charge in [-0.2, -0.15) is 0 Å². The van der Waals surface area contributed by atoms with Crippen LogP contribution in [0.2, 0.25) is 0 Å². The number of nitrogens with zero attached hydrogens (tertiary/aromatic N) is 1. The largest absolute Gasteiger partial charge is 0.493 e. The molecule has 0 saturated heterocycles. The summed E-state index contributed by atoms with van der Waals surface area (Å²) < 4.78 is 5.83. The highest BCUT2D eigenvalue weighted by Crippen LogP contribution is 2.17. The zero-order chi connectivity index (χ0) is 15.0. The van der Waals surface area contributed by atoms with Crippen molar-refractivity contribution in [3.63, 3.8) is 0 Å². The summed E-state index contributed by atoms with van der Waals surface area (Å²) in [6.07, 6.45) is 2.28. The van der Waals surface area contributed by atoms with Gasteiger partial charge in [0.2, 0.25) is 0 Å². The van der Waals surface area contributed by atoms with Crippen molar-refractivity contribution in [2.24, 2.45) is 11.7 Å². The zero-order valence-electron chi connectivity index (χ0n) is 13.4. The van der Waals surface area contributed by atoms with Crippen LogP contribution in [0, 0.1) is 5.92 Å². The molecule has 1 aromatic carbocycles. The smallest absolute Gasteiger partial charge is 0.123 e. The summed E-state index contributed by atoms with van der Waals surface area (Å²) in [4.78, 5) is 2.41. The summed E-state index contributed by atoms with van der Waals surface area (Å²) in [5.74, 6) is 1.67. The van der Waals surface area contributed by atoms with Crippen LogP contribution < -0.4 is 10.5 Å². The molecule has 0 heterocycles. The highest BCUT2D eigenvalue weighted by Gasteiger charge is 2.10. The number of rotatable bonds is 9. The second-order valence-electron chi connectivity index (χ2n) is 5.97.